The highest BCUT2D eigenvalue weighted by molar-refractivity contribution is 7.17. The molecule has 1 saturated heterocycles. The van der Waals surface area contributed by atoms with E-state index >= 15 is 0 Å². The second-order valence-corrected chi connectivity index (χ2v) is 7.76. The number of thiazole rings is 1. The SMILES string of the molecule is Cc1cn2c(CNCCCN3CCCC[C@@H]3C)c(C)nc2s1. The largest absolute Gasteiger partial charge is 0.311 e. The van der Waals surface area contributed by atoms with Crippen LogP contribution in [0.2, 0.25) is 0 Å². The standard InChI is InChI=1S/C17H28N4S/c1-13-7-4-5-9-20(13)10-6-8-18-11-16-15(3)19-17-21(16)12-14(2)22-17/h12-13,18H,4-11H2,1-3H3/t13-/m0/s1. The molecule has 0 unspecified atom stereocenters. The Morgan fingerprint density at radius 3 is 3.05 bits per heavy atom. The molecule has 0 spiro atoms. The lowest BCUT2D eigenvalue weighted by Gasteiger charge is -2.33. The molecule has 1 fully saturated rings. The number of rotatable bonds is 6. The van der Waals surface area contributed by atoms with Crippen molar-refractivity contribution in [1.29, 1.82) is 0 Å². The Kier molecular flexibility index (Phi) is 5.16. The molecule has 1 N–H and O–H groups in total. The maximum atomic E-state index is 4.65. The van der Waals surface area contributed by atoms with E-state index in [2.05, 4.69) is 46.6 Å². The van der Waals surface area contributed by atoms with E-state index in [0.717, 1.165) is 29.8 Å². The van der Waals surface area contributed by atoms with Crippen LogP contribution >= 0.6 is 11.3 Å². The minimum Gasteiger partial charge on any atom is -0.311 e. The summed E-state index contributed by atoms with van der Waals surface area (Å²) < 4.78 is 2.25. The molecule has 0 saturated carbocycles. The van der Waals surface area contributed by atoms with Crippen molar-refractivity contribution in [1.82, 2.24) is 19.6 Å². The van der Waals surface area contributed by atoms with E-state index in [1.165, 1.54) is 49.3 Å². The van der Waals surface area contributed by atoms with Crippen LogP contribution in [0, 0.1) is 13.8 Å². The summed E-state index contributed by atoms with van der Waals surface area (Å²) in [4.78, 5) is 9.74. The lowest BCUT2D eigenvalue weighted by molar-refractivity contribution is 0.159. The van der Waals surface area contributed by atoms with Crippen molar-refractivity contribution < 1.29 is 0 Å². The van der Waals surface area contributed by atoms with Crippen molar-refractivity contribution >= 4 is 16.3 Å². The van der Waals surface area contributed by atoms with E-state index in [9.17, 15) is 0 Å². The fourth-order valence-corrected chi connectivity index (χ4v) is 4.32. The van der Waals surface area contributed by atoms with Crippen LogP contribution in [0.15, 0.2) is 6.20 Å². The molecule has 122 valence electrons. The van der Waals surface area contributed by atoms with Gasteiger partial charge in [-0.3, -0.25) is 4.40 Å². The van der Waals surface area contributed by atoms with E-state index in [1.807, 2.05) is 0 Å². The van der Waals surface area contributed by atoms with Gasteiger partial charge in [0.1, 0.15) is 0 Å². The Hall–Kier alpha value is -0.910. The molecule has 0 amide bonds. The van der Waals surface area contributed by atoms with Gasteiger partial charge in [-0.2, -0.15) is 0 Å². The fraction of sp³-hybridized carbons (Fsp3) is 0.706. The van der Waals surface area contributed by atoms with Gasteiger partial charge in [0.25, 0.3) is 0 Å². The van der Waals surface area contributed by atoms with Crippen LogP contribution in [0.3, 0.4) is 0 Å². The summed E-state index contributed by atoms with van der Waals surface area (Å²) in [6.07, 6.45) is 7.59. The van der Waals surface area contributed by atoms with Gasteiger partial charge in [0, 0.05) is 23.7 Å². The summed E-state index contributed by atoms with van der Waals surface area (Å²) in [7, 11) is 0. The van der Waals surface area contributed by atoms with E-state index in [-0.39, 0.29) is 0 Å². The molecule has 0 aromatic carbocycles. The summed E-state index contributed by atoms with van der Waals surface area (Å²) in [5.74, 6) is 0. The lowest BCUT2D eigenvalue weighted by Crippen LogP contribution is -2.38. The molecule has 3 rings (SSSR count). The first kappa shape index (κ1) is 16.0. The highest BCUT2D eigenvalue weighted by Gasteiger charge is 2.17. The van der Waals surface area contributed by atoms with E-state index < -0.39 is 0 Å². The molecular formula is C17H28N4S. The number of hydrogen-bond acceptors (Lipinski definition) is 4. The van der Waals surface area contributed by atoms with E-state index in [1.54, 1.807) is 11.3 Å². The van der Waals surface area contributed by atoms with Gasteiger partial charge in [0.2, 0.25) is 0 Å². The minimum atomic E-state index is 0.777. The summed E-state index contributed by atoms with van der Waals surface area (Å²) in [5, 5.41) is 3.60. The monoisotopic (exact) mass is 320 g/mol. The van der Waals surface area contributed by atoms with Gasteiger partial charge in [0.15, 0.2) is 4.96 Å². The van der Waals surface area contributed by atoms with Crippen molar-refractivity contribution in [2.24, 2.45) is 0 Å². The van der Waals surface area contributed by atoms with Crippen LogP contribution in [-0.2, 0) is 6.54 Å². The summed E-state index contributed by atoms with van der Waals surface area (Å²) in [5.41, 5.74) is 2.47. The second kappa shape index (κ2) is 7.11. The molecule has 0 radical (unpaired) electrons. The first-order chi connectivity index (χ1) is 10.6. The van der Waals surface area contributed by atoms with Crippen LogP contribution in [0.1, 0.15) is 48.9 Å². The first-order valence-electron chi connectivity index (χ1n) is 8.54. The van der Waals surface area contributed by atoms with Crippen molar-refractivity contribution in [3.63, 3.8) is 0 Å². The van der Waals surface area contributed by atoms with Crippen molar-refractivity contribution in [2.75, 3.05) is 19.6 Å². The molecule has 0 aliphatic carbocycles. The zero-order valence-electron chi connectivity index (χ0n) is 14.1. The number of fused-ring (bicyclic) bond motifs is 1. The zero-order chi connectivity index (χ0) is 15.5. The van der Waals surface area contributed by atoms with Gasteiger partial charge in [-0.05, 0) is 59.7 Å². The Labute approximate surface area is 137 Å². The Morgan fingerprint density at radius 1 is 1.36 bits per heavy atom. The van der Waals surface area contributed by atoms with Gasteiger partial charge in [-0.15, -0.1) is 11.3 Å². The molecule has 1 aliphatic heterocycles. The quantitative estimate of drug-likeness (QED) is 0.828. The normalized spacial score (nSPS) is 20.0. The summed E-state index contributed by atoms with van der Waals surface area (Å²) >= 11 is 1.77. The first-order valence-corrected chi connectivity index (χ1v) is 9.35. The molecule has 0 bridgehead atoms. The average Bonchev–Trinajstić information content (AvgIpc) is 2.97. The van der Waals surface area contributed by atoms with Crippen LogP contribution in [0.5, 0.6) is 0 Å². The third-order valence-electron chi connectivity index (χ3n) is 4.77. The van der Waals surface area contributed by atoms with Gasteiger partial charge < -0.3 is 10.2 Å². The molecular weight excluding hydrogens is 292 g/mol. The van der Waals surface area contributed by atoms with Crippen molar-refractivity contribution in [2.45, 2.75) is 59.0 Å². The minimum absolute atomic E-state index is 0.777. The van der Waals surface area contributed by atoms with Gasteiger partial charge in [-0.1, -0.05) is 6.42 Å². The third-order valence-corrected chi connectivity index (χ3v) is 5.67. The van der Waals surface area contributed by atoms with Crippen molar-refractivity contribution in [3.05, 3.63) is 22.5 Å². The van der Waals surface area contributed by atoms with E-state index in [0.29, 0.717) is 0 Å². The van der Waals surface area contributed by atoms with Crippen LogP contribution < -0.4 is 5.32 Å². The zero-order valence-corrected chi connectivity index (χ0v) is 14.9. The predicted molar refractivity (Wildman–Crippen MR) is 93.8 cm³/mol. The number of aromatic nitrogens is 2. The van der Waals surface area contributed by atoms with Crippen molar-refractivity contribution in [3.8, 4) is 0 Å². The molecule has 1 aliphatic rings. The van der Waals surface area contributed by atoms with Crippen LogP contribution in [0.4, 0.5) is 0 Å². The maximum absolute atomic E-state index is 4.65. The molecule has 4 nitrogen and oxygen atoms in total. The fourth-order valence-electron chi connectivity index (χ4n) is 3.43. The molecule has 1 atom stereocenters. The second-order valence-electron chi connectivity index (χ2n) is 6.55. The molecule has 2 aromatic rings. The molecule has 3 heterocycles. The number of imidazole rings is 1. The summed E-state index contributed by atoms with van der Waals surface area (Å²) in [6, 6.07) is 0.777. The van der Waals surface area contributed by atoms with Gasteiger partial charge in [0.05, 0.1) is 11.4 Å². The molecule has 5 heteroatoms. The molecule has 2 aromatic heterocycles. The number of piperidine rings is 1. The number of likely N-dealkylation sites (tertiary alicyclic amines) is 1. The number of nitrogens with zero attached hydrogens (tertiary/aromatic N) is 3. The third kappa shape index (κ3) is 3.53. The Morgan fingerprint density at radius 2 is 2.23 bits per heavy atom. The lowest BCUT2D eigenvalue weighted by atomic mass is 10.0. The number of hydrogen-bond donors (Lipinski definition) is 1. The van der Waals surface area contributed by atoms with Crippen LogP contribution in [0.25, 0.3) is 4.96 Å². The highest BCUT2D eigenvalue weighted by Crippen LogP contribution is 2.20. The smallest absolute Gasteiger partial charge is 0.194 e. The number of aryl methyl sites for hydroxylation is 2. The maximum Gasteiger partial charge on any atom is 0.194 e. The van der Waals surface area contributed by atoms with Gasteiger partial charge >= 0.3 is 0 Å². The average molecular weight is 321 g/mol. The predicted octanol–water partition coefficient (Wildman–Crippen LogP) is 3.37. The highest BCUT2D eigenvalue weighted by atomic mass is 32.1. The molecule has 22 heavy (non-hydrogen) atoms. The van der Waals surface area contributed by atoms with E-state index in [4.69, 9.17) is 0 Å². The van der Waals surface area contributed by atoms with Crippen LogP contribution in [-0.4, -0.2) is 40.0 Å². The summed E-state index contributed by atoms with van der Waals surface area (Å²) in [6.45, 7) is 11.1. The number of nitrogens with one attached hydrogen (secondary N) is 1. The van der Waals surface area contributed by atoms with Gasteiger partial charge in [-0.25, -0.2) is 4.98 Å². The Bertz CT molecular complexity index is 615. The Balaban J connectivity index is 1.45. The topological polar surface area (TPSA) is 32.6 Å².